The summed E-state index contributed by atoms with van der Waals surface area (Å²) in [6.07, 6.45) is 0. The zero-order valence-electron chi connectivity index (χ0n) is 18.5. The van der Waals surface area contributed by atoms with Gasteiger partial charge in [0.25, 0.3) is 5.91 Å². The van der Waals surface area contributed by atoms with Gasteiger partial charge in [-0.2, -0.15) is 4.31 Å². The van der Waals surface area contributed by atoms with Gasteiger partial charge < -0.3 is 15.1 Å². The molecule has 1 saturated heterocycles. The summed E-state index contributed by atoms with van der Waals surface area (Å²) in [6.45, 7) is 8.83. The third-order valence-electron chi connectivity index (χ3n) is 5.71. The highest BCUT2D eigenvalue weighted by Crippen LogP contribution is 2.19. The van der Waals surface area contributed by atoms with E-state index in [-0.39, 0.29) is 10.8 Å². The number of rotatable bonds is 8. The van der Waals surface area contributed by atoms with Crippen LogP contribution in [0.5, 0.6) is 0 Å². The van der Waals surface area contributed by atoms with Crippen LogP contribution < -0.4 is 10.2 Å². The summed E-state index contributed by atoms with van der Waals surface area (Å²) in [5.74, 6) is -0.289. The quantitative estimate of drug-likeness (QED) is 0.677. The van der Waals surface area contributed by atoms with E-state index in [9.17, 15) is 13.2 Å². The second-order valence-electron chi connectivity index (χ2n) is 7.76. The summed E-state index contributed by atoms with van der Waals surface area (Å²) in [7, 11) is -1.63. The molecule has 1 aliphatic heterocycles. The maximum absolute atomic E-state index is 13.0. The van der Waals surface area contributed by atoms with Gasteiger partial charge in [0.1, 0.15) is 0 Å². The minimum absolute atomic E-state index is 0.160. The van der Waals surface area contributed by atoms with Gasteiger partial charge in [0.2, 0.25) is 10.0 Å². The number of amides is 1. The maximum atomic E-state index is 13.0. The molecule has 1 heterocycles. The fraction of sp³-hybridized carbons (Fsp3) is 0.435. The van der Waals surface area contributed by atoms with Crippen LogP contribution in [0.1, 0.15) is 29.8 Å². The number of anilines is 1. The molecule has 0 saturated carbocycles. The van der Waals surface area contributed by atoms with E-state index in [4.69, 9.17) is 0 Å². The van der Waals surface area contributed by atoms with Gasteiger partial charge in [-0.3, -0.25) is 4.79 Å². The van der Waals surface area contributed by atoms with E-state index in [1.165, 1.54) is 10.4 Å². The molecule has 31 heavy (non-hydrogen) atoms. The Hall–Kier alpha value is -2.42. The van der Waals surface area contributed by atoms with Crippen LogP contribution in [-0.4, -0.2) is 69.8 Å². The van der Waals surface area contributed by atoms with Crippen LogP contribution in [0.25, 0.3) is 0 Å². The van der Waals surface area contributed by atoms with Crippen molar-refractivity contribution < 1.29 is 13.2 Å². The molecule has 2 aromatic carbocycles. The van der Waals surface area contributed by atoms with E-state index >= 15 is 0 Å². The van der Waals surface area contributed by atoms with Crippen molar-refractivity contribution in [3.8, 4) is 0 Å². The molecule has 0 unspecified atom stereocenters. The highest BCUT2D eigenvalue weighted by atomic mass is 32.2. The van der Waals surface area contributed by atoms with Crippen LogP contribution in [0.15, 0.2) is 53.4 Å². The number of piperazine rings is 1. The number of nitrogens with one attached hydrogen (secondary N) is 1. The second-order valence-corrected chi connectivity index (χ2v) is 9.69. The average molecular weight is 445 g/mol. The van der Waals surface area contributed by atoms with Gasteiger partial charge in [0.05, 0.1) is 4.90 Å². The lowest BCUT2D eigenvalue weighted by atomic mass is 10.1. The first-order valence-corrected chi connectivity index (χ1v) is 12.2. The molecule has 0 spiro atoms. The first-order chi connectivity index (χ1) is 14.8. The molecular weight excluding hydrogens is 412 g/mol. The van der Waals surface area contributed by atoms with Gasteiger partial charge in [0.15, 0.2) is 0 Å². The highest BCUT2D eigenvalue weighted by Gasteiger charge is 2.27. The Kier molecular flexibility index (Phi) is 7.69. The smallest absolute Gasteiger partial charge is 0.251 e. The van der Waals surface area contributed by atoms with Crippen molar-refractivity contribution >= 4 is 21.6 Å². The Labute approximate surface area is 185 Å². The molecule has 1 N–H and O–H groups in total. The lowest BCUT2D eigenvalue weighted by Crippen LogP contribution is -2.47. The van der Waals surface area contributed by atoms with Crippen molar-refractivity contribution in [2.45, 2.75) is 25.3 Å². The fourth-order valence-electron chi connectivity index (χ4n) is 3.67. The van der Waals surface area contributed by atoms with E-state index in [0.29, 0.717) is 38.3 Å². The van der Waals surface area contributed by atoms with Crippen LogP contribution in [0.4, 0.5) is 5.69 Å². The number of sulfonamides is 1. The number of hydrogen-bond donors (Lipinski definition) is 1. The first kappa shape index (κ1) is 23.2. The largest absolute Gasteiger partial charge is 0.372 e. The van der Waals surface area contributed by atoms with Crippen molar-refractivity contribution in [2.75, 3.05) is 51.2 Å². The molecule has 1 fully saturated rings. The standard InChI is InChI=1S/C23H32N4O3S/c1-4-26(5-2)21-11-9-19(10-12-21)18-24-23(28)20-7-6-8-22(17-20)31(29,30)27-15-13-25(3)14-16-27/h6-12,17H,4-5,13-16,18H2,1-3H3,(H,24,28). The molecule has 0 bridgehead atoms. The Morgan fingerprint density at radius 1 is 1.00 bits per heavy atom. The molecule has 0 aromatic heterocycles. The summed E-state index contributed by atoms with van der Waals surface area (Å²) in [5.41, 5.74) is 2.49. The molecule has 8 heteroatoms. The van der Waals surface area contributed by atoms with Gasteiger partial charge in [-0.05, 0) is 56.8 Å². The summed E-state index contributed by atoms with van der Waals surface area (Å²) in [6, 6.07) is 14.4. The minimum atomic E-state index is -3.60. The second kappa shape index (κ2) is 10.3. The molecule has 1 amide bonds. The van der Waals surface area contributed by atoms with Gasteiger partial charge in [-0.25, -0.2) is 8.42 Å². The van der Waals surface area contributed by atoms with Crippen molar-refractivity contribution in [3.05, 3.63) is 59.7 Å². The molecule has 2 aromatic rings. The number of benzene rings is 2. The van der Waals surface area contributed by atoms with E-state index < -0.39 is 10.0 Å². The Bertz CT molecular complexity index is 980. The first-order valence-electron chi connectivity index (χ1n) is 10.8. The van der Waals surface area contributed by atoms with Crippen molar-refractivity contribution in [2.24, 2.45) is 0 Å². The topological polar surface area (TPSA) is 73.0 Å². The van der Waals surface area contributed by atoms with Crippen LogP contribution in [0.3, 0.4) is 0 Å². The zero-order chi connectivity index (χ0) is 22.4. The van der Waals surface area contributed by atoms with E-state index in [2.05, 4.69) is 41.1 Å². The predicted molar refractivity (Wildman–Crippen MR) is 124 cm³/mol. The molecule has 0 radical (unpaired) electrons. The molecule has 0 aliphatic carbocycles. The fourth-order valence-corrected chi connectivity index (χ4v) is 5.14. The number of nitrogens with zero attached hydrogens (tertiary/aromatic N) is 3. The number of hydrogen-bond acceptors (Lipinski definition) is 5. The van der Waals surface area contributed by atoms with E-state index in [1.807, 2.05) is 19.2 Å². The van der Waals surface area contributed by atoms with Crippen LogP contribution in [-0.2, 0) is 16.6 Å². The average Bonchev–Trinajstić information content (AvgIpc) is 2.79. The number of likely N-dealkylation sites (N-methyl/N-ethyl adjacent to an activating group) is 1. The molecule has 168 valence electrons. The molecule has 1 aliphatic rings. The van der Waals surface area contributed by atoms with E-state index in [0.717, 1.165) is 24.3 Å². The molecular formula is C23H32N4O3S. The number of carbonyl (C=O) groups is 1. The Morgan fingerprint density at radius 2 is 1.65 bits per heavy atom. The normalized spacial score (nSPS) is 15.6. The van der Waals surface area contributed by atoms with Crippen LogP contribution >= 0.6 is 0 Å². The minimum Gasteiger partial charge on any atom is -0.372 e. The SMILES string of the molecule is CCN(CC)c1ccc(CNC(=O)c2cccc(S(=O)(=O)N3CCN(C)CC3)c2)cc1. The zero-order valence-corrected chi connectivity index (χ0v) is 19.4. The molecule has 7 nitrogen and oxygen atoms in total. The summed E-state index contributed by atoms with van der Waals surface area (Å²) in [5, 5.41) is 2.89. The van der Waals surface area contributed by atoms with Crippen LogP contribution in [0.2, 0.25) is 0 Å². The lowest BCUT2D eigenvalue weighted by molar-refractivity contribution is 0.0950. The summed E-state index contributed by atoms with van der Waals surface area (Å²) >= 11 is 0. The van der Waals surface area contributed by atoms with Gasteiger partial charge in [-0.15, -0.1) is 0 Å². The van der Waals surface area contributed by atoms with Gasteiger partial charge in [0, 0.05) is 57.1 Å². The van der Waals surface area contributed by atoms with Crippen LogP contribution in [0, 0.1) is 0 Å². The number of carbonyl (C=O) groups excluding carboxylic acids is 1. The molecule has 0 atom stereocenters. The van der Waals surface area contributed by atoms with Gasteiger partial charge in [-0.1, -0.05) is 18.2 Å². The Morgan fingerprint density at radius 3 is 2.26 bits per heavy atom. The molecule has 3 rings (SSSR count). The van der Waals surface area contributed by atoms with Gasteiger partial charge >= 0.3 is 0 Å². The van der Waals surface area contributed by atoms with Crippen molar-refractivity contribution in [3.63, 3.8) is 0 Å². The summed E-state index contributed by atoms with van der Waals surface area (Å²) < 4.78 is 27.4. The third kappa shape index (κ3) is 5.64. The Balaban J connectivity index is 1.65. The van der Waals surface area contributed by atoms with E-state index in [1.54, 1.807) is 18.2 Å². The summed E-state index contributed by atoms with van der Waals surface area (Å²) in [4.78, 5) is 17.2. The lowest BCUT2D eigenvalue weighted by Gasteiger charge is -2.31. The van der Waals surface area contributed by atoms with Crippen molar-refractivity contribution in [1.82, 2.24) is 14.5 Å². The maximum Gasteiger partial charge on any atom is 0.251 e. The third-order valence-corrected chi connectivity index (χ3v) is 7.61. The van der Waals surface area contributed by atoms with Crippen molar-refractivity contribution in [1.29, 1.82) is 0 Å². The highest BCUT2D eigenvalue weighted by molar-refractivity contribution is 7.89. The monoisotopic (exact) mass is 444 g/mol. The predicted octanol–water partition coefficient (Wildman–Crippen LogP) is 2.40.